The molecule has 1 amide bonds. The molecule has 0 aliphatic heterocycles. The Morgan fingerprint density at radius 3 is 2.80 bits per heavy atom. The third-order valence-electron chi connectivity index (χ3n) is 3.61. The van der Waals surface area contributed by atoms with Crippen LogP contribution in [0.5, 0.6) is 0 Å². The van der Waals surface area contributed by atoms with Gasteiger partial charge in [0.2, 0.25) is 10.0 Å². The van der Waals surface area contributed by atoms with Gasteiger partial charge in [0.05, 0.1) is 11.2 Å². The first-order valence-electron chi connectivity index (χ1n) is 7.96. The van der Waals surface area contributed by atoms with Gasteiger partial charge in [-0.2, -0.15) is 0 Å². The van der Waals surface area contributed by atoms with Gasteiger partial charge < -0.3 is 9.73 Å². The van der Waals surface area contributed by atoms with Crippen molar-refractivity contribution in [1.82, 2.24) is 10.0 Å². The van der Waals surface area contributed by atoms with Gasteiger partial charge in [-0.25, -0.2) is 13.1 Å². The van der Waals surface area contributed by atoms with E-state index < -0.39 is 10.0 Å². The van der Waals surface area contributed by atoms with Crippen LogP contribution in [0.15, 0.2) is 64.6 Å². The lowest BCUT2D eigenvalue weighted by molar-refractivity contribution is 0.0938. The number of carbonyl (C=O) groups excluding carboxylic acids is 1. The van der Waals surface area contributed by atoms with E-state index in [1.54, 1.807) is 18.4 Å². The molecule has 1 aromatic heterocycles. The van der Waals surface area contributed by atoms with Gasteiger partial charge in [0.1, 0.15) is 5.76 Å². The van der Waals surface area contributed by atoms with Crippen molar-refractivity contribution in [1.29, 1.82) is 0 Å². The number of sulfonamides is 1. The second kappa shape index (κ2) is 8.64. The van der Waals surface area contributed by atoms with E-state index in [9.17, 15) is 13.2 Å². The van der Waals surface area contributed by atoms with E-state index in [1.807, 2.05) is 19.1 Å². The van der Waals surface area contributed by atoms with Crippen molar-refractivity contribution in [3.05, 3.63) is 66.6 Å². The summed E-state index contributed by atoms with van der Waals surface area (Å²) in [5, 5.41) is 2.87. The smallest absolute Gasteiger partial charge is 0.251 e. The molecule has 0 saturated heterocycles. The predicted octanol–water partition coefficient (Wildman–Crippen LogP) is 2.50. The Labute approximate surface area is 148 Å². The minimum atomic E-state index is -3.66. The lowest BCUT2D eigenvalue weighted by atomic mass is 10.1. The third-order valence-corrected chi connectivity index (χ3v) is 5.03. The van der Waals surface area contributed by atoms with Crippen molar-refractivity contribution in [2.24, 2.45) is 0 Å². The van der Waals surface area contributed by atoms with Crippen LogP contribution in [0, 0.1) is 0 Å². The Hall–Kier alpha value is -2.38. The Kier molecular flexibility index (Phi) is 6.55. The molecule has 0 aliphatic carbocycles. The lowest BCUT2D eigenvalue weighted by Crippen LogP contribution is -2.33. The maximum Gasteiger partial charge on any atom is 0.251 e. The van der Waals surface area contributed by atoms with Crippen LogP contribution >= 0.6 is 0 Å². The largest absolute Gasteiger partial charge is 0.469 e. The van der Waals surface area contributed by atoms with Crippen molar-refractivity contribution in [3.8, 4) is 0 Å². The quantitative estimate of drug-likeness (QED) is 0.671. The van der Waals surface area contributed by atoms with Crippen LogP contribution in [0.1, 0.15) is 29.5 Å². The molecule has 0 fully saturated rings. The Balaban J connectivity index is 1.99. The topological polar surface area (TPSA) is 88.4 Å². The Morgan fingerprint density at radius 1 is 1.32 bits per heavy atom. The Morgan fingerprint density at radius 2 is 2.12 bits per heavy atom. The van der Waals surface area contributed by atoms with Crippen LogP contribution in [0.25, 0.3) is 0 Å². The number of benzene rings is 1. The highest BCUT2D eigenvalue weighted by molar-refractivity contribution is 7.89. The molecule has 6 nitrogen and oxygen atoms in total. The van der Waals surface area contributed by atoms with E-state index >= 15 is 0 Å². The van der Waals surface area contributed by atoms with Gasteiger partial charge in [-0.3, -0.25) is 4.79 Å². The van der Waals surface area contributed by atoms with Crippen molar-refractivity contribution in [2.45, 2.75) is 30.7 Å². The van der Waals surface area contributed by atoms with Crippen LogP contribution in [-0.4, -0.2) is 26.9 Å². The fourth-order valence-corrected chi connectivity index (χ4v) is 3.29. The summed E-state index contributed by atoms with van der Waals surface area (Å²) in [4.78, 5) is 12.4. The number of amides is 1. The molecular formula is C18H22N2O4S. The molecule has 1 heterocycles. The Bertz CT molecular complexity index is 813. The van der Waals surface area contributed by atoms with Crippen LogP contribution < -0.4 is 10.0 Å². The zero-order valence-corrected chi connectivity index (χ0v) is 14.9. The first kappa shape index (κ1) is 19.0. The van der Waals surface area contributed by atoms with E-state index in [0.29, 0.717) is 12.0 Å². The van der Waals surface area contributed by atoms with Gasteiger partial charge in [-0.1, -0.05) is 12.1 Å². The summed E-state index contributed by atoms with van der Waals surface area (Å²) in [7, 11) is -3.66. The molecule has 2 aromatic rings. The average molecular weight is 362 g/mol. The number of aryl methyl sites for hydroxylation is 1. The molecule has 0 radical (unpaired) electrons. The highest BCUT2D eigenvalue weighted by atomic mass is 32.2. The van der Waals surface area contributed by atoms with E-state index in [-0.39, 0.29) is 23.4 Å². The summed E-state index contributed by atoms with van der Waals surface area (Å²) in [5.41, 5.74) is 0.298. The second-order valence-electron chi connectivity index (χ2n) is 5.66. The highest BCUT2D eigenvalue weighted by Crippen LogP contribution is 2.12. The fraction of sp³-hybridized carbons (Fsp3) is 0.278. The first-order valence-corrected chi connectivity index (χ1v) is 9.44. The van der Waals surface area contributed by atoms with Crippen molar-refractivity contribution < 1.29 is 17.6 Å². The van der Waals surface area contributed by atoms with E-state index in [4.69, 9.17) is 4.42 Å². The first-order chi connectivity index (χ1) is 11.9. The van der Waals surface area contributed by atoms with E-state index in [0.717, 1.165) is 12.2 Å². The van der Waals surface area contributed by atoms with Crippen LogP contribution in [0.3, 0.4) is 0 Å². The standard InChI is InChI=1S/C18H22N2O4S/c1-3-11-19-25(22,23)17-8-4-6-15(13-17)18(21)20-14(2)9-10-16-7-5-12-24-16/h3-8,12-14,19H,1,9-11H2,2H3,(H,20,21). The van der Waals surface area contributed by atoms with Gasteiger partial charge in [0.15, 0.2) is 0 Å². The number of carbonyl (C=O) groups is 1. The number of hydrogen-bond acceptors (Lipinski definition) is 4. The maximum atomic E-state index is 12.3. The second-order valence-corrected chi connectivity index (χ2v) is 7.43. The number of rotatable bonds is 9. The predicted molar refractivity (Wildman–Crippen MR) is 95.8 cm³/mol. The molecule has 0 spiro atoms. The molecule has 134 valence electrons. The normalized spacial score (nSPS) is 12.5. The summed E-state index contributed by atoms with van der Waals surface area (Å²) in [6.45, 7) is 5.50. The molecule has 0 aliphatic rings. The maximum absolute atomic E-state index is 12.3. The molecule has 1 atom stereocenters. The summed E-state index contributed by atoms with van der Waals surface area (Å²) < 4.78 is 31.9. The van der Waals surface area contributed by atoms with E-state index in [2.05, 4.69) is 16.6 Å². The molecular weight excluding hydrogens is 340 g/mol. The van der Waals surface area contributed by atoms with Crippen molar-refractivity contribution >= 4 is 15.9 Å². The number of furan rings is 1. The van der Waals surface area contributed by atoms with Crippen LogP contribution in [-0.2, 0) is 16.4 Å². The zero-order chi connectivity index (χ0) is 18.3. The molecule has 0 saturated carbocycles. The average Bonchev–Trinajstić information content (AvgIpc) is 3.12. The van der Waals surface area contributed by atoms with Crippen LogP contribution in [0.2, 0.25) is 0 Å². The monoisotopic (exact) mass is 362 g/mol. The fourth-order valence-electron chi connectivity index (χ4n) is 2.25. The minimum absolute atomic E-state index is 0.0465. The van der Waals surface area contributed by atoms with Gasteiger partial charge in [0, 0.05) is 24.6 Å². The summed E-state index contributed by atoms with van der Waals surface area (Å²) in [6, 6.07) is 9.58. The molecule has 1 aromatic carbocycles. The SMILES string of the molecule is C=CCNS(=O)(=O)c1cccc(C(=O)NC(C)CCc2ccco2)c1. The van der Waals surface area contributed by atoms with E-state index in [1.165, 1.54) is 18.2 Å². The lowest BCUT2D eigenvalue weighted by Gasteiger charge is -2.14. The van der Waals surface area contributed by atoms with Crippen molar-refractivity contribution in [3.63, 3.8) is 0 Å². The number of hydrogen-bond donors (Lipinski definition) is 2. The molecule has 7 heteroatoms. The molecule has 2 rings (SSSR count). The molecule has 0 bridgehead atoms. The third kappa shape index (κ3) is 5.58. The van der Waals surface area contributed by atoms with Crippen molar-refractivity contribution in [2.75, 3.05) is 6.54 Å². The van der Waals surface area contributed by atoms with Gasteiger partial charge in [-0.15, -0.1) is 6.58 Å². The van der Waals surface area contributed by atoms with Gasteiger partial charge >= 0.3 is 0 Å². The minimum Gasteiger partial charge on any atom is -0.469 e. The summed E-state index contributed by atoms with van der Waals surface area (Å²) in [6.07, 6.45) is 4.51. The molecule has 1 unspecified atom stereocenters. The summed E-state index contributed by atoms with van der Waals surface area (Å²) >= 11 is 0. The van der Waals surface area contributed by atoms with Gasteiger partial charge in [-0.05, 0) is 43.7 Å². The summed E-state index contributed by atoms with van der Waals surface area (Å²) in [5.74, 6) is 0.551. The molecule has 25 heavy (non-hydrogen) atoms. The van der Waals surface area contributed by atoms with Gasteiger partial charge in [0.25, 0.3) is 5.91 Å². The zero-order valence-electron chi connectivity index (χ0n) is 14.1. The number of nitrogens with one attached hydrogen (secondary N) is 2. The molecule has 2 N–H and O–H groups in total. The highest BCUT2D eigenvalue weighted by Gasteiger charge is 2.16. The van der Waals surface area contributed by atoms with Crippen LogP contribution in [0.4, 0.5) is 0 Å².